The van der Waals surface area contributed by atoms with Gasteiger partial charge in [0.05, 0.1) is 28.0 Å². The molecule has 0 amide bonds. The van der Waals surface area contributed by atoms with Gasteiger partial charge in [0.2, 0.25) is 0 Å². The smallest absolute Gasteiger partial charge is 0.0830 e. The second-order valence-corrected chi connectivity index (χ2v) is 4.83. The second kappa shape index (κ2) is 4.63. The van der Waals surface area contributed by atoms with E-state index in [9.17, 15) is 0 Å². The first-order chi connectivity index (χ1) is 6.94. The van der Waals surface area contributed by atoms with Crippen LogP contribution in [0.4, 0.5) is 0 Å². The van der Waals surface area contributed by atoms with E-state index < -0.39 is 5.60 Å². The minimum Gasteiger partial charge on any atom is -0.377 e. The molecule has 0 fully saturated rings. The summed E-state index contributed by atoms with van der Waals surface area (Å²) in [5, 5.41) is 4.24. The van der Waals surface area contributed by atoms with Crippen molar-refractivity contribution in [2.45, 2.75) is 39.0 Å². The van der Waals surface area contributed by atoms with Crippen LogP contribution >= 0.6 is 15.9 Å². The first kappa shape index (κ1) is 12.7. The van der Waals surface area contributed by atoms with Crippen LogP contribution in [0.1, 0.15) is 32.5 Å². The highest BCUT2D eigenvalue weighted by Crippen LogP contribution is 2.30. The summed E-state index contributed by atoms with van der Waals surface area (Å²) in [5.41, 5.74) is 6.76. The van der Waals surface area contributed by atoms with E-state index in [1.54, 1.807) is 13.3 Å². The molecule has 0 saturated heterocycles. The fourth-order valence-corrected chi connectivity index (χ4v) is 1.93. The molecule has 0 saturated carbocycles. The molecule has 1 rings (SSSR count). The standard InChI is InChI=1S/C10H18BrN3O/c1-5-14-8(7(11)6-13-14)9(12)10(2,3)15-4/h6,9H,5,12H2,1-4H3. The van der Waals surface area contributed by atoms with Crippen molar-refractivity contribution in [1.29, 1.82) is 0 Å². The Morgan fingerprint density at radius 3 is 2.73 bits per heavy atom. The SMILES string of the molecule is CCn1ncc(Br)c1C(N)C(C)(C)OC. The number of halogens is 1. The van der Waals surface area contributed by atoms with Crippen LogP contribution in [0.15, 0.2) is 10.7 Å². The maximum absolute atomic E-state index is 6.19. The summed E-state index contributed by atoms with van der Waals surface area (Å²) >= 11 is 3.46. The Labute approximate surface area is 98.9 Å². The molecule has 1 atom stereocenters. The number of methoxy groups -OCH3 is 1. The topological polar surface area (TPSA) is 53.1 Å². The molecular weight excluding hydrogens is 258 g/mol. The Hall–Kier alpha value is -0.390. The van der Waals surface area contributed by atoms with E-state index in [4.69, 9.17) is 10.5 Å². The monoisotopic (exact) mass is 275 g/mol. The fourth-order valence-electron chi connectivity index (χ4n) is 1.39. The van der Waals surface area contributed by atoms with Crippen LogP contribution in [-0.2, 0) is 11.3 Å². The molecule has 0 bridgehead atoms. The molecule has 15 heavy (non-hydrogen) atoms. The van der Waals surface area contributed by atoms with Gasteiger partial charge in [-0.2, -0.15) is 5.10 Å². The Kier molecular flexibility index (Phi) is 3.92. The van der Waals surface area contributed by atoms with Gasteiger partial charge < -0.3 is 10.5 Å². The lowest BCUT2D eigenvalue weighted by molar-refractivity contribution is -0.00238. The lowest BCUT2D eigenvalue weighted by atomic mass is 9.96. The Bertz CT molecular complexity index is 335. The minimum absolute atomic E-state index is 0.209. The molecule has 0 aliphatic carbocycles. The van der Waals surface area contributed by atoms with Crippen LogP contribution in [0, 0.1) is 0 Å². The Morgan fingerprint density at radius 1 is 1.67 bits per heavy atom. The molecule has 0 aliphatic heterocycles. The molecule has 1 heterocycles. The molecule has 1 aromatic heterocycles. The molecule has 1 unspecified atom stereocenters. The molecule has 0 spiro atoms. The van der Waals surface area contributed by atoms with Gasteiger partial charge in [-0.25, -0.2) is 0 Å². The van der Waals surface area contributed by atoms with Gasteiger partial charge in [0.1, 0.15) is 0 Å². The number of aromatic nitrogens is 2. The highest BCUT2D eigenvalue weighted by molar-refractivity contribution is 9.10. The van der Waals surface area contributed by atoms with Gasteiger partial charge in [0.15, 0.2) is 0 Å². The first-order valence-electron chi connectivity index (χ1n) is 4.96. The van der Waals surface area contributed by atoms with E-state index in [1.807, 2.05) is 25.5 Å². The van der Waals surface area contributed by atoms with Gasteiger partial charge in [-0.15, -0.1) is 0 Å². The summed E-state index contributed by atoms with van der Waals surface area (Å²) in [4.78, 5) is 0. The van der Waals surface area contributed by atoms with E-state index in [-0.39, 0.29) is 6.04 Å². The number of hydrogen-bond donors (Lipinski definition) is 1. The van der Waals surface area contributed by atoms with Crippen molar-refractivity contribution < 1.29 is 4.74 Å². The predicted molar refractivity (Wildman–Crippen MR) is 63.6 cm³/mol. The largest absolute Gasteiger partial charge is 0.377 e. The van der Waals surface area contributed by atoms with Crippen molar-refractivity contribution in [2.24, 2.45) is 5.73 Å². The zero-order chi connectivity index (χ0) is 11.6. The fraction of sp³-hybridized carbons (Fsp3) is 0.700. The van der Waals surface area contributed by atoms with Gasteiger partial charge in [-0.3, -0.25) is 4.68 Å². The third-order valence-electron chi connectivity index (χ3n) is 2.70. The van der Waals surface area contributed by atoms with E-state index in [1.165, 1.54) is 0 Å². The van der Waals surface area contributed by atoms with Gasteiger partial charge in [-0.1, -0.05) is 0 Å². The van der Waals surface area contributed by atoms with Crippen LogP contribution < -0.4 is 5.73 Å². The van der Waals surface area contributed by atoms with E-state index in [2.05, 4.69) is 21.0 Å². The maximum atomic E-state index is 6.19. The summed E-state index contributed by atoms with van der Waals surface area (Å²) in [6.45, 7) is 6.78. The Balaban J connectivity index is 3.09. The summed E-state index contributed by atoms with van der Waals surface area (Å²) in [5.74, 6) is 0. The quantitative estimate of drug-likeness (QED) is 0.916. The van der Waals surface area contributed by atoms with Gasteiger partial charge >= 0.3 is 0 Å². The van der Waals surface area contributed by atoms with E-state index >= 15 is 0 Å². The van der Waals surface area contributed by atoms with Crippen molar-refractivity contribution in [3.05, 3.63) is 16.4 Å². The molecule has 5 heteroatoms. The first-order valence-corrected chi connectivity index (χ1v) is 5.75. The average Bonchev–Trinajstić information content (AvgIpc) is 2.58. The van der Waals surface area contributed by atoms with Crippen molar-refractivity contribution >= 4 is 15.9 Å². The van der Waals surface area contributed by atoms with Crippen molar-refractivity contribution in [3.63, 3.8) is 0 Å². The van der Waals surface area contributed by atoms with Gasteiger partial charge in [-0.05, 0) is 36.7 Å². The zero-order valence-corrected chi connectivity index (χ0v) is 11.2. The lowest BCUT2D eigenvalue weighted by Gasteiger charge is -2.30. The highest BCUT2D eigenvalue weighted by Gasteiger charge is 2.31. The third kappa shape index (κ3) is 2.41. The van der Waals surface area contributed by atoms with E-state index in [0.29, 0.717) is 0 Å². The summed E-state index contributed by atoms with van der Waals surface area (Å²) in [6.07, 6.45) is 1.77. The number of nitrogens with zero attached hydrogens (tertiary/aromatic N) is 2. The molecule has 0 aromatic carbocycles. The molecule has 0 radical (unpaired) electrons. The summed E-state index contributed by atoms with van der Waals surface area (Å²) in [6, 6.07) is -0.209. The van der Waals surface area contributed by atoms with Crippen LogP contribution in [0.3, 0.4) is 0 Å². The number of rotatable bonds is 4. The molecule has 4 nitrogen and oxygen atoms in total. The third-order valence-corrected chi connectivity index (χ3v) is 3.31. The lowest BCUT2D eigenvalue weighted by Crippen LogP contribution is -2.38. The minimum atomic E-state index is -0.407. The van der Waals surface area contributed by atoms with Gasteiger partial charge in [0.25, 0.3) is 0 Å². The summed E-state index contributed by atoms with van der Waals surface area (Å²) < 4.78 is 8.21. The molecule has 0 aliphatic rings. The number of aryl methyl sites for hydroxylation is 1. The van der Waals surface area contributed by atoms with Crippen LogP contribution in [0.2, 0.25) is 0 Å². The second-order valence-electron chi connectivity index (χ2n) is 3.98. The van der Waals surface area contributed by atoms with E-state index in [0.717, 1.165) is 16.7 Å². The predicted octanol–water partition coefficient (Wildman–Crippen LogP) is 2.09. The van der Waals surface area contributed by atoms with Crippen molar-refractivity contribution in [1.82, 2.24) is 9.78 Å². The van der Waals surface area contributed by atoms with Crippen LogP contribution in [0.5, 0.6) is 0 Å². The van der Waals surface area contributed by atoms with Crippen molar-refractivity contribution in [2.75, 3.05) is 7.11 Å². The normalized spacial score (nSPS) is 14.3. The molecule has 86 valence electrons. The zero-order valence-electron chi connectivity index (χ0n) is 9.62. The average molecular weight is 276 g/mol. The summed E-state index contributed by atoms with van der Waals surface area (Å²) in [7, 11) is 1.67. The number of nitrogens with two attached hydrogens (primary N) is 1. The number of ether oxygens (including phenoxy) is 1. The van der Waals surface area contributed by atoms with Crippen LogP contribution in [0.25, 0.3) is 0 Å². The number of hydrogen-bond acceptors (Lipinski definition) is 3. The van der Waals surface area contributed by atoms with Gasteiger partial charge in [0, 0.05) is 13.7 Å². The molecule has 1 aromatic rings. The highest BCUT2D eigenvalue weighted by atomic mass is 79.9. The van der Waals surface area contributed by atoms with Crippen LogP contribution in [-0.4, -0.2) is 22.5 Å². The Morgan fingerprint density at radius 2 is 2.27 bits per heavy atom. The van der Waals surface area contributed by atoms with Crippen molar-refractivity contribution in [3.8, 4) is 0 Å². The molecular formula is C10H18BrN3O. The molecule has 2 N–H and O–H groups in total. The maximum Gasteiger partial charge on any atom is 0.0830 e.